The number of rotatable bonds is 9. The maximum Gasteiger partial charge on any atom is 0.275 e. The lowest BCUT2D eigenvalue weighted by Crippen LogP contribution is -3.12. The minimum absolute atomic E-state index is 0.150. The summed E-state index contributed by atoms with van der Waals surface area (Å²) in [5.74, 6) is 0.0603. The second-order valence-electron chi connectivity index (χ2n) is 7.11. The standard InChI is InChI=1S/C22H25FN4O2/c1-2-3-12-27(15-21(28)24-13-16-8-4-6-10-18(16)23)14-20-25-19-11-7-5-9-17(19)22(29)26-20/h4-11H,2-3,12-15H2,1H3,(H,24,28)(H,25,26,29)/p+1. The Hall–Kier alpha value is -3.06. The monoisotopic (exact) mass is 397 g/mol. The Morgan fingerprint density at radius 3 is 2.72 bits per heavy atom. The number of aromatic amines is 1. The summed E-state index contributed by atoms with van der Waals surface area (Å²) in [7, 11) is 0. The minimum Gasteiger partial charge on any atom is -0.347 e. The van der Waals surface area contributed by atoms with Gasteiger partial charge in [-0.15, -0.1) is 0 Å². The van der Waals surface area contributed by atoms with Gasteiger partial charge in [0.15, 0.2) is 12.4 Å². The van der Waals surface area contributed by atoms with E-state index in [0.29, 0.717) is 28.8 Å². The highest BCUT2D eigenvalue weighted by Gasteiger charge is 2.17. The highest BCUT2D eigenvalue weighted by Crippen LogP contribution is 2.06. The first-order valence-electron chi connectivity index (χ1n) is 9.88. The van der Waals surface area contributed by atoms with Crippen molar-refractivity contribution in [1.82, 2.24) is 15.3 Å². The molecule has 0 fully saturated rings. The van der Waals surface area contributed by atoms with E-state index in [9.17, 15) is 14.0 Å². The SMILES string of the molecule is CCCC[NH+](CC(=O)NCc1ccccc1F)Cc1nc2ccccc2c(=O)[nH]1. The fourth-order valence-electron chi connectivity index (χ4n) is 3.25. The van der Waals surface area contributed by atoms with Gasteiger partial charge in [-0.1, -0.05) is 43.7 Å². The second kappa shape index (κ2) is 9.93. The maximum atomic E-state index is 13.7. The molecule has 1 atom stereocenters. The summed E-state index contributed by atoms with van der Waals surface area (Å²) < 4.78 is 13.7. The number of amides is 1. The highest BCUT2D eigenvalue weighted by molar-refractivity contribution is 5.77. The van der Waals surface area contributed by atoms with Crippen molar-refractivity contribution >= 4 is 16.8 Å². The van der Waals surface area contributed by atoms with Crippen LogP contribution >= 0.6 is 0 Å². The van der Waals surface area contributed by atoms with Gasteiger partial charge in [-0.3, -0.25) is 9.59 Å². The summed E-state index contributed by atoms with van der Waals surface area (Å²) in [5.41, 5.74) is 0.922. The molecule has 3 N–H and O–H groups in total. The number of carbonyl (C=O) groups is 1. The molecule has 1 amide bonds. The van der Waals surface area contributed by atoms with Crippen LogP contribution < -0.4 is 15.8 Å². The van der Waals surface area contributed by atoms with Crippen LogP contribution in [0.25, 0.3) is 10.9 Å². The Kier molecular flexibility index (Phi) is 7.08. The van der Waals surface area contributed by atoms with Crippen LogP contribution in [0.2, 0.25) is 0 Å². The number of hydrogen-bond acceptors (Lipinski definition) is 3. The van der Waals surface area contributed by atoms with Gasteiger partial charge in [0.05, 0.1) is 17.4 Å². The van der Waals surface area contributed by atoms with Gasteiger partial charge in [0.2, 0.25) is 0 Å². The maximum absolute atomic E-state index is 13.7. The van der Waals surface area contributed by atoms with Crippen molar-refractivity contribution in [3.05, 3.63) is 76.1 Å². The molecular weight excluding hydrogens is 371 g/mol. The molecule has 1 heterocycles. The first-order valence-corrected chi connectivity index (χ1v) is 9.88. The van der Waals surface area contributed by atoms with Crippen LogP contribution in [0, 0.1) is 5.82 Å². The lowest BCUT2D eigenvalue weighted by atomic mass is 10.2. The summed E-state index contributed by atoms with van der Waals surface area (Å²) in [4.78, 5) is 33.1. The number of unbranched alkanes of at least 4 members (excludes halogenated alkanes) is 1. The lowest BCUT2D eigenvalue weighted by molar-refractivity contribution is -0.906. The average molecular weight is 397 g/mol. The van der Waals surface area contributed by atoms with Crippen LogP contribution in [0.15, 0.2) is 53.3 Å². The van der Waals surface area contributed by atoms with Gasteiger partial charge in [-0.05, 0) is 24.6 Å². The van der Waals surface area contributed by atoms with E-state index in [-0.39, 0.29) is 30.4 Å². The Balaban J connectivity index is 1.67. The van der Waals surface area contributed by atoms with Crippen LogP contribution in [0.5, 0.6) is 0 Å². The van der Waals surface area contributed by atoms with Crippen LogP contribution in [0.3, 0.4) is 0 Å². The third kappa shape index (κ3) is 5.71. The number of benzene rings is 2. The van der Waals surface area contributed by atoms with Crippen molar-refractivity contribution in [1.29, 1.82) is 0 Å². The molecule has 6 nitrogen and oxygen atoms in total. The summed E-state index contributed by atoms with van der Waals surface area (Å²) >= 11 is 0. The molecular formula is C22H26FN4O2+. The van der Waals surface area contributed by atoms with Crippen molar-refractivity contribution in [3.8, 4) is 0 Å². The number of carbonyl (C=O) groups excluding carboxylic acids is 1. The molecule has 2 aromatic carbocycles. The minimum atomic E-state index is -0.332. The van der Waals surface area contributed by atoms with Crippen molar-refractivity contribution in [3.63, 3.8) is 0 Å². The molecule has 0 spiro atoms. The van der Waals surface area contributed by atoms with E-state index in [1.807, 2.05) is 6.07 Å². The summed E-state index contributed by atoms with van der Waals surface area (Å²) in [6.45, 7) is 3.68. The number of aromatic nitrogens is 2. The zero-order valence-electron chi connectivity index (χ0n) is 16.5. The van der Waals surface area contributed by atoms with E-state index < -0.39 is 0 Å². The second-order valence-corrected chi connectivity index (χ2v) is 7.11. The largest absolute Gasteiger partial charge is 0.347 e. The molecule has 0 aliphatic rings. The Morgan fingerprint density at radius 1 is 1.17 bits per heavy atom. The normalized spacial score (nSPS) is 12.1. The van der Waals surface area contributed by atoms with Gasteiger partial charge in [0, 0.05) is 12.1 Å². The van der Waals surface area contributed by atoms with Crippen molar-refractivity contribution in [2.24, 2.45) is 0 Å². The molecule has 0 aliphatic heterocycles. The third-order valence-corrected chi connectivity index (χ3v) is 4.81. The first-order chi connectivity index (χ1) is 14.1. The Morgan fingerprint density at radius 2 is 1.93 bits per heavy atom. The molecule has 0 saturated carbocycles. The molecule has 7 heteroatoms. The third-order valence-electron chi connectivity index (χ3n) is 4.81. The number of fused-ring (bicyclic) bond motifs is 1. The number of para-hydroxylation sites is 1. The fraction of sp³-hybridized carbons (Fsp3) is 0.318. The van der Waals surface area contributed by atoms with Crippen LogP contribution in [-0.2, 0) is 17.9 Å². The molecule has 3 aromatic rings. The molecule has 0 saturated heterocycles. The number of halogens is 1. The molecule has 0 aliphatic carbocycles. The summed E-state index contributed by atoms with van der Waals surface area (Å²) in [6.07, 6.45) is 1.95. The van der Waals surface area contributed by atoms with E-state index in [1.54, 1.807) is 36.4 Å². The van der Waals surface area contributed by atoms with E-state index in [0.717, 1.165) is 24.3 Å². The predicted molar refractivity (Wildman–Crippen MR) is 110 cm³/mol. The first kappa shape index (κ1) is 20.7. The van der Waals surface area contributed by atoms with Crippen LogP contribution in [0.4, 0.5) is 4.39 Å². The van der Waals surface area contributed by atoms with E-state index >= 15 is 0 Å². The average Bonchev–Trinajstić information content (AvgIpc) is 2.71. The van der Waals surface area contributed by atoms with Gasteiger partial charge in [0.1, 0.15) is 12.4 Å². The molecule has 0 radical (unpaired) electrons. The molecule has 1 unspecified atom stereocenters. The molecule has 3 rings (SSSR count). The van der Waals surface area contributed by atoms with Crippen molar-refractivity contribution in [2.75, 3.05) is 13.1 Å². The van der Waals surface area contributed by atoms with Crippen molar-refractivity contribution < 1.29 is 14.1 Å². The van der Waals surface area contributed by atoms with Gasteiger partial charge in [0.25, 0.3) is 11.5 Å². The van der Waals surface area contributed by atoms with E-state index in [2.05, 4.69) is 22.2 Å². The van der Waals surface area contributed by atoms with E-state index in [1.165, 1.54) is 6.07 Å². The van der Waals surface area contributed by atoms with Gasteiger partial charge in [-0.2, -0.15) is 0 Å². The number of hydrogen-bond donors (Lipinski definition) is 3. The summed E-state index contributed by atoms with van der Waals surface area (Å²) in [5, 5.41) is 3.33. The van der Waals surface area contributed by atoms with Gasteiger partial charge in [-0.25, -0.2) is 9.37 Å². The molecule has 0 bridgehead atoms. The number of nitrogens with zero attached hydrogens (tertiary/aromatic N) is 1. The van der Waals surface area contributed by atoms with Crippen LogP contribution in [-0.4, -0.2) is 29.0 Å². The van der Waals surface area contributed by atoms with E-state index in [4.69, 9.17) is 0 Å². The van der Waals surface area contributed by atoms with Gasteiger partial charge < -0.3 is 15.2 Å². The molecule has 152 valence electrons. The van der Waals surface area contributed by atoms with Gasteiger partial charge >= 0.3 is 0 Å². The predicted octanol–water partition coefficient (Wildman–Crippen LogP) is 1.56. The number of nitrogens with one attached hydrogen (secondary N) is 3. The van der Waals surface area contributed by atoms with Crippen molar-refractivity contribution in [2.45, 2.75) is 32.9 Å². The quantitative estimate of drug-likeness (QED) is 0.513. The molecule has 29 heavy (non-hydrogen) atoms. The smallest absolute Gasteiger partial charge is 0.275 e. The fourth-order valence-corrected chi connectivity index (χ4v) is 3.25. The van der Waals surface area contributed by atoms with Crippen LogP contribution in [0.1, 0.15) is 31.2 Å². The number of H-pyrrole nitrogens is 1. The number of quaternary nitrogens is 1. The summed E-state index contributed by atoms with van der Waals surface area (Å²) in [6, 6.07) is 13.6. The topological polar surface area (TPSA) is 79.3 Å². The molecule has 1 aromatic heterocycles. The lowest BCUT2D eigenvalue weighted by Gasteiger charge is -2.18. The Bertz CT molecular complexity index is 1030. The zero-order valence-corrected chi connectivity index (χ0v) is 16.5. The zero-order chi connectivity index (χ0) is 20.6. The Labute approximate surface area is 168 Å². The highest BCUT2D eigenvalue weighted by atomic mass is 19.1.